The fourth-order valence-electron chi connectivity index (χ4n) is 22.3. The van der Waals surface area contributed by atoms with Gasteiger partial charge in [0.1, 0.15) is 22.3 Å². The van der Waals surface area contributed by atoms with Crippen molar-refractivity contribution in [2.75, 3.05) is 0 Å². The van der Waals surface area contributed by atoms with Crippen LogP contribution in [-0.2, 0) is 0 Å². The largest absolute Gasteiger partial charge is 0.456 e. The molecule has 3 aliphatic carbocycles. The van der Waals surface area contributed by atoms with Crippen LogP contribution in [0.4, 0.5) is 0 Å². The molecule has 29 rings (SSSR count). The summed E-state index contributed by atoms with van der Waals surface area (Å²) >= 11 is 0. The molecule has 620 valence electrons. The van der Waals surface area contributed by atoms with Crippen molar-refractivity contribution in [2.24, 2.45) is 0 Å². The predicted molar refractivity (Wildman–Crippen MR) is 567 cm³/mol. The van der Waals surface area contributed by atoms with E-state index in [4.69, 9.17) is 8.83 Å². The van der Waals surface area contributed by atoms with Crippen LogP contribution in [0.3, 0.4) is 0 Å². The number of hydrogen-bond acceptors (Lipinski definition) is 2. The van der Waals surface area contributed by atoms with Gasteiger partial charge in [0.25, 0.3) is 0 Å². The van der Waals surface area contributed by atoms with Crippen molar-refractivity contribution in [3.8, 4) is 178 Å². The lowest BCUT2D eigenvalue weighted by atomic mass is 9.88. The van der Waals surface area contributed by atoms with Crippen LogP contribution in [0, 0.1) is 0 Å². The second-order valence-corrected chi connectivity index (χ2v) is 35.8. The van der Waals surface area contributed by atoms with E-state index in [-0.39, 0.29) is 0 Å². The summed E-state index contributed by atoms with van der Waals surface area (Å²) in [7, 11) is 0. The van der Waals surface area contributed by atoms with Crippen LogP contribution in [0.2, 0.25) is 0 Å². The molecule has 0 aliphatic heterocycles. The third kappa shape index (κ3) is 12.6. The highest BCUT2D eigenvalue weighted by Gasteiger charge is 2.29. The molecule has 2 nitrogen and oxygen atoms in total. The standard InChI is InChI=1S/C48H30.C46H26O2.C38H24/c1-3-11-31(12-4-1)33-17-9-18-34(25-33)38-27-39-26-37(21-22-41(39)45(30-38)32-13-5-2-6-14-32)40-23-24-44-47-29-36-16-8-7-15-35(36)28-46(47)43-20-10-19-42(40)48(43)44;1-2-11-34-33(10-1)36-17-7-16-35-30(22-23-37(34)44(35)36)27-24-28(31-14-8-20-42-45(31)38-12-3-5-18-40(38)47-42)26-29(25-27)32-15-9-21-43-46(32)39-13-4-6-19-41(39)48-43;1-2-9-25(10-3-1)26-19-20-31-27(23-26)13-7-16-30(31)28-11-6-12-29(24-28)32-21-22-37-34-15-5-4-14-33(34)36-18-8-17-35(32)38(36)37/h1-30H;1-26H;1-24H. The van der Waals surface area contributed by atoms with Crippen LogP contribution >= 0.6 is 0 Å². The second kappa shape index (κ2) is 31.1. The fourth-order valence-corrected chi connectivity index (χ4v) is 22.3. The molecular weight excluding hydrogens is 1620 g/mol. The van der Waals surface area contributed by atoms with E-state index in [1.807, 2.05) is 12.1 Å². The first-order chi connectivity index (χ1) is 66.4. The molecule has 134 heavy (non-hydrogen) atoms. The summed E-state index contributed by atoms with van der Waals surface area (Å²) in [5.74, 6) is 0. The van der Waals surface area contributed by atoms with E-state index in [0.717, 1.165) is 66.1 Å². The lowest BCUT2D eigenvalue weighted by Crippen LogP contribution is -1.89. The third-order valence-electron chi connectivity index (χ3n) is 28.4. The molecule has 24 aromatic carbocycles. The average Bonchev–Trinajstić information content (AvgIpc) is 1.57. The zero-order valence-electron chi connectivity index (χ0n) is 73.0. The van der Waals surface area contributed by atoms with Crippen molar-refractivity contribution < 1.29 is 8.83 Å². The number of hydrogen-bond donors (Lipinski definition) is 0. The van der Waals surface area contributed by atoms with Gasteiger partial charge >= 0.3 is 0 Å². The number of furan rings is 2. The Labute approximate surface area is 775 Å². The molecule has 0 amide bonds. The first kappa shape index (κ1) is 76.5. The van der Waals surface area contributed by atoms with Gasteiger partial charge in [-0.1, -0.05) is 394 Å². The highest BCUT2D eigenvalue weighted by Crippen LogP contribution is 2.55. The molecule has 0 unspecified atom stereocenters. The molecule has 2 aromatic heterocycles. The van der Waals surface area contributed by atoms with E-state index < -0.39 is 0 Å². The Balaban J connectivity index is 0.000000103. The Morgan fingerprint density at radius 2 is 0.381 bits per heavy atom. The molecule has 2 heterocycles. The van der Waals surface area contributed by atoms with Gasteiger partial charge in [0.15, 0.2) is 0 Å². The lowest BCUT2D eigenvalue weighted by molar-refractivity contribution is 0.668. The van der Waals surface area contributed by atoms with Crippen molar-refractivity contribution in [3.63, 3.8) is 0 Å². The Morgan fingerprint density at radius 3 is 0.903 bits per heavy atom. The van der Waals surface area contributed by atoms with Gasteiger partial charge in [-0.2, -0.15) is 0 Å². The number of rotatable bonds is 10. The fraction of sp³-hybridized carbons (Fsp3) is 0. The first-order valence-electron chi connectivity index (χ1n) is 46.3. The zero-order chi connectivity index (χ0) is 88.0. The Kier molecular flexibility index (Phi) is 17.8. The van der Waals surface area contributed by atoms with Crippen LogP contribution in [0.15, 0.2) is 494 Å². The normalized spacial score (nSPS) is 11.9. The maximum atomic E-state index is 6.35. The summed E-state index contributed by atoms with van der Waals surface area (Å²) in [5, 5.41) is 20.1. The summed E-state index contributed by atoms with van der Waals surface area (Å²) in [6.45, 7) is 0. The summed E-state index contributed by atoms with van der Waals surface area (Å²) in [4.78, 5) is 0. The monoisotopic (exact) mass is 1700 g/mol. The molecule has 0 atom stereocenters. The molecule has 3 aliphatic rings. The van der Waals surface area contributed by atoms with Crippen LogP contribution in [0.1, 0.15) is 0 Å². The second-order valence-electron chi connectivity index (χ2n) is 35.8. The highest BCUT2D eigenvalue weighted by molar-refractivity contribution is 6.24. The van der Waals surface area contributed by atoms with Gasteiger partial charge in [-0.15, -0.1) is 0 Å². The van der Waals surface area contributed by atoms with E-state index >= 15 is 0 Å². The zero-order valence-corrected chi connectivity index (χ0v) is 73.0. The van der Waals surface area contributed by atoms with E-state index in [0.29, 0.717) is 0 Å². The van der Waals surface area contributed by atoms with Crippen molar-refractivity contribution in [3.05, 3.63) is 485 Å². The average molecular weight is 1700 g/mol. The highest BCUT2D eigenvalue weighted by atomic mass is 16.3. The SMILES string of the molecule is c1ccc(-c2ccc3c(-c4cccc(-c5ccc6c7c(cccc57)-c5ccccc5-6)c4)cccc3c2)cc1.c1ccc(-c2cccc(-c3cc(-c4ccccc4)c4ccc(-c5ccc6c7c(cccc57)-c5cc7ccccc7cc5-6)cc4c3)c2)cc1.c1ccc2c(c1)-c1cccc3c(-c4cc(-c5cccc6oc7ccccc7c56)cc(-c5cccc6oc7ccccc7c56)c4)ccc-2c13. The molecule has 0 saturated heterocycles. The molecule has 0 saturated carbocycles. The summed E-state index contributed by atoms with van der Waals surface area (Å²) in [6.07, 6.45) is 0. The third-order valence-corrected chi connectivity index (χ3v) is 28.4. The minimum absolute atomic E-state index is 0.895. The number of para-hydroxylation sites is 2. The molecule has 26 aromatic rings. The van der Waals surface area contributed by atoms with Crippen molar-refractivity contribution in [1.29, 1.82) is 0 Å². The van der Waals surface area contributed by atoms with Gasteiger partial charge in [-0.05, 0) is 334 Å². The Bertz CT molecular complexity index is 9130. The number of benzene rings is 24. The molecule has 0 fully saturated rings. The molecule has 0 bridgehead atoms. The minimum Gasteiger partial charge on any atom is -0.456 e. The predicted octanol–water partition coefficient (Wildman–Crippen LogP) is 37.4. The molecule has 2 heteroatoms. The van der Waals surface area contributed by atoms with Crippen LogP contribution in [-0.4, -0.2) is 0 Å². The van der Waals surface area contributed by atoms with Crippen LogP contribution < -0.4 is 0 Å². The maximum Gasteiger partial charge on any atom is 0.136 e. The van der Waals surface area contributed by atoms with Gasteiger partial charge in [0, 0.05) is 21.5 Å². The maximum absolute atomic E-state index is 6.35. The van der Waals surface area contributed by atoms with E-state index in [9.17, 15) is 0 Å². The molecule has 0 spiro atoms. The Hall–Kier alpha value is -17.6. The minimum atomic E-state index is 0.895. The Morgan fingerprint density at radius 1 is 0.0970 bits per heavy atom. The molecule has 0 radical (unpaired) electrons. The summed E-state index contributed by atoms with van der Waals surface area (Å²) in [6, 6.07) is 177. The summed E-state index contributed by atoms with van der Waals surface area (Å²) in [5.41, 5.74) is 43.9. The van der Waals surface area contributed by atoms with E-state index in [1.54, 1.807) is 0 Å². The molecular formula is C132H80O2. The van der Waals surface area contributed by atoms with E-state index in [2.05, 4.69) is 473 Å². The quantitative estimate of drug-likeness (QED) is 0.136. The number of fused-ring (bicyclic) bond motifs is 18. The van der Waals surface area contributed by atoms with Crippen molar-refractivity contribution in [2.45, 2.75) is 0 Å². The van der Waals surface area contributed by atoms with Crippen LogP contribution in [0.25, 0.3) is 287 Å². The van der Waals surface area contributed by atoms with Gasteiger partial charge < -0.3 is 8.83 Å². The van der Waals surface area contributed by atoms with Gasteiger partial charge in [-0.3, -0.25) is 0 Å². The first-order valence-corrected chi connectivity index (χ1v) is 46.3. The van der Waals surface area contributed by atoms with Gasteiger partial charge in [0.05, 0.1) is 0 Å². The topological polar surface area (TPSA) is 26.3 Å². The molecule has 0 N–H and O–H groups in total. The lowest BCUT2D eigenvalue weighted by Gasteiger charge is -2.15. The van der Waals surface area contributed by atoms with Crippen LogP contribution in [0.5, 0.6) is 0 Å². The summed E-state index contributed by atoms with van der Waals surface area (Å²) < 4.78 is 12.7. The van der Waals surface area contributed by atoms with Gasteiger partial charge in [0.2, 0.25) is 0 Å². The van der Waals surface area contributed by atoms with E-state index in [1.165, 1.54) is 220 Å². The van der Waals surface area contributed by atoms with Crippen molar-refractivity contribution >= 4 is 109 Å². The van der Waals surface area contributed by atoms with Gasteiger partial charge in [-0.25, -0.2) is 0 Å². The van der Waals surface area contributed by atoms with Crippen molar-refractivity contribution in [1.82, 2.24) is 0 Å². The smallest absolute Gasteiger partial charge is 0.136 e.